The molecule has 150 valence electrons. The summed E-state index contributed by atoms with van der Waals surface area (Å²) in [6, 6.07) is 11.2. The Balaban J connectivity index is 1.77. The van der Waals surface area contributed by atoms with Crippen LogP contribution in [0.4, 0.5) is 5.69 Å². The monoisotopic (exact) mass is 392 g/mol. The Hall–Kier alpha value is -3.61. The van der Waals surface area contributed by atoms with Crippen molar-refractivity contribution in [3.05, 3.63) is 71.2 Å². The van der Waals surface area contributed by atoms with Crippen LogP contribution in [-0.2, 0) is 16.6 Å². The Morgan fingerprint density at radius 1 is 1.10 bits per heavy atom. The number of hydrogen-bond donors (Lipinski definition) is 1. The van der Waals surface area contributed by atoms with Crippen molar-refractivity contribution in [1.82, 2.24) is 14.3 Å². The fourth-order valence-corrected chi connectivity index (χ4v) is 3.09. The molecule has 0 aliphatic carbocycles. The van der Waals surface area contributed by atoms with Crippen LogP contribution in [0, 0.1) is 13.8 Å². The lowest BCUT2D eigenvalue weighted by molar-refractivity contribution is -0.137. The topological polar surface area (TPSA) is 78.2 Å². The van der Waals surface area contributed by atoms with Gasteiger partial charge >= 0.3 is 5.97 Å². The van der Waals surface area contributed by atoms with Crippen LogP contribution in [-0.4, -0.2) is 32.8 Å². The molecular weight excluding hydrogens is 368 g/mol. The zero-order valence-corrected chi connectivity index (χ0v) is 17.0. The third-order valence-corrected chi connectivity index (χ3v) is 4.50. The highest BCUT2D eigenvalue weighted by Gasteiger charge is 2.20. The summed E-state index contributed by atoms with van der Waals surface area (Å²) in [5.41, 5.74) is 4.02. The first-order valence-corrected chi connectivity index (χ1v) is 9.34. The molecule has 0 aliphatic rings. The largest absolute Gasteiger partial charge is 0.463 e. The van der Waals surface area contributed by atoms with Crippen LogP contribution in [0.3, 0.4) is 0 Å². The molecule has 7 nitrogen and oxygen atoms in total. The van der Waals surface area contributed by atoms with Crippen LogP contribution in [0.25, 0.3) is 11.9 Å². The highest BCUT2D eigenvalue weighted by atomic mass is 16.5. The summed E-state index contributed by atoms with van der Waals surface area (Å²) < 4.78 is 8.55. The quantitative estimate of drug-likeness (QED) is 0.513. The van der Waals surface area contributed by atoms with Gasteiger partial charge in [-0.2, -0.15) is 5.10 Å². The minimum atomic E-state index is -0.385. The lowest BCUT2D eigenvalue weighted by Crippen LogP contribution is -2.16. The van der Waals surface area contributed by atoms with E-state index >= 15 is 0 Å². The van der Waals surface area contributed by atoms with E-state index in [2.05, 4.69) is 10.4 Å². The molecule has 0 saturated heterocycles. The summed E-state index contributed by atoms with van der Waals surface area (Å²) in [5.74, 6) is 0.0940. The van der Waals surface area contributed by atoms with E-state index in [0.29, 0.717) is 17.9 Å². The second-order valence-electron chi connectivity index (χ2n) is 6.62. The van der Waals surface area contributed by atoms with Crippen molar-refractivity contribution in [2.45, 2.75) is 20.8 Å². The van der Waals surface area contributed by atoms with Gasteiger partial charge in [0.05, 0.1) is 12.8 Å². The van der Waals surface area contributed by atoms with E-state index in [1.165, 1.54) is 6.08 Å². The summed E-state index contributed by atoms with van der Waals surface area (Å²) >= 11 is 0. The Morgan fingerprint density at radius 2 is 1.76 bits per heavy atom. The van der Waals surface area contributed by atoms with Gasteiger partial charge in [-0.15, -0.1) is 0 Å². The minimum Gasteiger partial charge on any atom is -0.463 e. The Labute approximate surface area is 169 Å². The first-order valence-electron chi connectivity index (χ1n) is 9.34. The molecule has 0 atom stereocenters. The van der Waals surface area contributed by atoms with E-state index in [1.54, 1.807) is 36.0 Å². The van der Waals surface area contributed by atoms with Crippen molar-refractivity contribution in [2.24, 2.45) is 7.05 Å². The number of benzene rings is 1. The summed E-state index contributed by atoms with van der Waals surface area (Å²) in [6.07, 6.45) is 4.61. The number of nitrogens with zero attached hydrogens (tertiary/aromatic N) is 3. The van der Waals surface area contributed by atoms with Crippen LogP contribution in [0.15, 0.2) is 48.7 Å². The SMILES string of the molecule is CCOC(=O)/C=C/c1ccc(NC(=O)c2cnn(C)c2-n2c(C)ccc2C)cc1. The maximum Gasteiger partial charge on any atom is 0.330 e. The molecule has 7 heteroatoms. The number of hydrogen-bond acceptors (Lipinski definition) is 4. The predicted molar refractivity (Wildman–Crippen MR) is 112 cm³/mol. The van der Waals surface area contributed by atoms with Crippen LogP contribution >= 0.6 is 0 Å². The van der Waals surface area contributed by atoms with Gasteiger partial charge in [0.1, 0.15) is 11.4 Å². The first kappa shape index (κ1) is 20.1. The number of nitrogens with one attached hydrogen (secondary N) is 1. The summed E-state index contributed by atoms with van der Waals surface area (Å²) in [7, 11) is 1.82. The van der Waals surface area contributed by atoms with E-state index in [-0.39, 0.29) is 11.9 Å². The van der Waals surface area contributed by atoms with Crippen molar-refractivity contribution in [3.63, 3.8) is 0 Å². The second kappa shape index (κ2) is 8.60. The zero-order chi connectivity index (χ0) is 21.0. The molecule has 0 unspecified atom stereocenters. The molecule has 0 spiro atoms. The fourth-order valence-electron chi connectivity index (χ4n) is 3.09. The predicted octanol–water partition coefficient (Wildman–Crippen LogP) is 3.66. The zero-order valence-electron chi connectivity index (χ0n) is 17.0. The summed E-state index contributed by atoms with van der Waals surface area (Å²) in [5, 5.41) is 7.17. The van der Waals surface area contributed by atoms with E-state index in [1.807, 2.05) is 49.7 Å². The van der Waals surface area contributed by atoms with Crippen molar-refractivity contribution in [1.29, 1.82) is 0 Å². The van der Waals surface area contributed by atoms with Crippen LogP contribution in [0.2, 0.25) is 0 Å². The van der Waals surface area contributed by atoms with Gasteiger partial charge in [0.2, 0.25) is 0 Å². The van der Waals surface area contributed by atoms with Gasteiger partial charge < -0.3 is 14.6 Å². The molecule has 0 saturated carbocycles. The fraction of sp³-hybridized carbons (Fsp3) is 0.227. The highest BCUT2D eigenvalue weighted by molar-refractivity contribution is 6.06. The van der Waals surface area contributed by atoms with E-state index < -0.39 is 0 Å². The number of aromatic nitrogens is 3. The maximum absolute atomic E-state index is 12.9. The molecule has 29 heavy (non-hydrogen) atoms. The number of rotatable bonds is 6. The van der Waals surface area contributed by atoms with Crippen LogP contribution < -0.4 is 5.32 Å². The molecule has 0 aliphatic heterocycles. The lowest BCUT2D eigenvalue weighted by Gasteiger charge is -2.12. The molecule has 2 heterocycles. The number of esters is 1. The van der Waals surface area contributed by atoms with E-state index in [4.69, 9.17) is 4.74 Å². The van der Waals surface area contributed by atoms with E-state index in [9.17, 15) is 9.59 Å². The second-order valence-corrected chi connectivity index (χ2v) is 6.62. The van der Waals surface area contributed by atoms with Gasteiger partial charge in [0.15, 0.2) is 0 Å². The summed E-state index contributed by atoms with van der Waals surface area (Å²) in [6.45, 7) is 6.08. The standard InChI is InChI=1S/C22H24N4O3/c1-5-29-20(27)13-10-17-8-11-18(12-9-17)24-21(28)19-14-23-25(4)22(19)26-15(2)6-7-16(26)3/h6-14H,5H2,1-4H3,(H,24,28)/b13-10+. The highest BCUT2D eigenvalue weighted by Crippen LogP contribution is 2.21. The number of carbonyl (C=O) groups is 2. The van der Waals surface area contributed by atoms with Gasteiger partial charge in [-0.1, -0.05) is 12.1 Å². The molecule has 1 aromatic carbocycles. The van der Waals surface area contributed by atoms with Gasteiger partial charge in [-0.25, -0.2) is 4.79 Å². The molecule has 3 rings (SSSR count). The molecule has 1 N–H and O–H groups in total. The number of amides is 1. The Morgan fingerprint density at radius 3 is 2.38 bits per heavy atom. The van der Waals surface area contributed by atoms with Crippen LogP contribution in [0.5, 0.6) is 0 Å². The molecular formula is C22H24N4O3. The van der Waals surface area contributed by atoms with Crippen LogP contribution in [0.1, 0.15) is 34.2 Å². The Bertz CT molecular complexity index is 1040. The average Bonchev–Trinajstić information content (AvgIpc) is 3.23. The maximum atomic E-state index is 12.9. The molecule has 0 radical (unpaired) electrons. The van der Waals surface area contributed by atoms with Crippen molar-refractivity contribution < 1.29 is 14.3 Å². The molecule has 0 fully saturated rings. The average molecular weight is 392 g/mol. The van der Waals surface area contributed by atoms with E-state index in [0.717, 1.165) is 22.8 Å². The van der Waals surface area contributed by atoms with Crippen molar-refractivity contribution in [3.8, 4) is 5.82 Å². The minimum absolute atomic E-state index is 0.240. The Kier molecular flexibility index (Phi) is 5.97. The van der Waals surface area contributed by atoms with Crippen molar-refractivity contribution >= 4 is 23.6 Å². The molecule has 3 aromatic rings. The number of ether oxygens (including phenoxy) is 1. The van der Waals surface area contributed by atoms with Gasteiger partial charge in [-0.3, -0.25) is 9.48 Å². The van der Waals surface area contributed by atoms with Crippen molar-refractivity contribution in [2.75, 3.05) is 11.9 Å². The molecule has 1 amide bonds. The molecule has 2 aromatic heterocycles. The normalized spacial score (nSPS) is 11.0. The van der Waals surface area contributed by atoms with Gasteiger partial charge in [0.25, 0.3) is 5.91 Å². The number of anilines is 1. The first-order chi connectivity index (χ1) is 13.9. The van der Waals surface area contributed by atoms with Gasteiger partial charge in [0, 0.05) is 30.2 Å². The summed E-state index contributed by atoms with van der Waals surface area (Å²) in [4.78, 5) is 24.3. The molecule has 0 bridgehead atoms. The third kappa shape index (κ3) is 4.45. The van der Waals surface area contributed by atoms with Gasteiger partial charge in [-0.05, 0) is 56.7 Å². The lowest BCUT2D eigenvalue weighted by atomic mass is 10.2. The number of aryl methyl sites for hydroxylation is 3. The third-order valence-electron chi connectivity index (χ3n) is 4.50. The smallest absolute Gasteiger partial charge is 0.330 e. The number of carbonyl (C=O) groups excluding carboxylic acids is 2.